The van der Waals surface area contributed by atoms with Crippen LogP contribution in [0.1, 0.15) is 29.6 Å². The van der Waals surface area contributed by atoms with E-state index in [-0.39, 0.29) is 0 Å². The highest BCUT2D eigenvalue weighted by atomic mass is 19.2. The first-order valence-corrected chi connectivity index (χ1v) is 9.80. The zero-order valence-electron chi connectivity index (χ0n) is 16.0. The minimum absolute atomic E-state index is 0.334. The molecule has 0 N–H and O–H groups in total. The Morgan fingerprint density at radius 1 is 0.828 bits per heavy atom. The summed E-state index contributed by atoms with van der Waals surface area (Å²) < 4.78 is 40.5. The molecule has 0 unspecified atom stereocenters. The van der Waals surface area contributed by atoms with Crippen molar-refractivity contribution in [2.45, 2.75) is 19.3 Å². The van der Waals surface area contributed by atoms with Gasteiger partial charge in [-0.15, -0.1) is 0 Å². The van der Waals surface area contributed by atoms with Crippen molar-refractivity contribution < 1.29 is 18.0 Å². The molecule has 0 saturated carbocycles. The molecule has 1 aromatic heterocycles. The first-order chi connectivity index (χ1) is 14.0. The van der Waals surface area contributed by atoms with Crippen molar-refractivity contribution in [3.8, 4) is 0 Å². The lowest BCUT2D eigenvalue weighted by Crippen LogP contribution is -2.49. The number of amides is 1. The Kier molecular flexibility index (Phi) is 5.55. The van der Waals surface area contributed by atoms with E-state index in [0.717, 1.165) is 43.9 Å². The maximum atomic E-state index is 13.9. The molecule has 2 aliphatic rings. The second kappa shape index (κ2) is 8.26. The third-order valence-electron chi connectivity index (χ3n) is 5.42. The van der Waals surface area contributed by atoms with Gasteiger partial charge in [-0.05, 0) is 37.5 Å². The number of piperazine rings is 1. The monoisotopic (exact) mass is 405 g/mol. The number of hydrogen-bond donors (Lipinski definition) is 0. The van der Waals surface area contributed by atoms with Gasteiger partial charge in [0.25, 0.3) is 5.91 Å². The molecule has 9 heteroatoms. The van der Waals surface area contributed by atoms with Crippen LogP contribution in [-0.4, -0.2) is 60.0 Å². The molecule has 2 fully saturated rings. The van der Waals surface area contributed by atoms with Gasteiger partial charge >= 0.3 is 0 Å². The standard InChI is InChI=1S/C20H22F3N5O/c21-15-5-4-14(17(22)18(15)23)19(29)27-12-10-26(11-13-27)16-6-7-24-20(25-16)28-8-2-1-3-9-28/h4-7H,1-3,8-13H2. The molecule has 29 heavy (non-hydrogen) atoms. The van der Waals surface area contributed by atoms with Crippen LogP contribution < -0.4 is 9.80 Å². The lowest BCUT2D eigenvalue weighted by Gasteiger charge is -2.36. The molecule has 0 atom stereocenters. The van der Waals surface area contributed by atoms with Gasteiger partial charge in [0.2, 0.25) is 5.95 Å². The van der Waals surface area contributed by atoms with Gasteiger partial charge in [-0.25, -0.2) is 18.2 Å². The highest BCUT2D eigenvalue weighted by molar-refractivity contribution is 5.94. The SMILES string of the molecule is O=C(c1ccc(F)c(F)c1F)N1CCN(c2ccnc(N3CCCCC3)n2)CC1. The fourth-order valence-electron chi connectivity index (χ4n) is 3.76. The molecule has 0 aliphatic carbocycles. The minimum atomic E-state index is -1.62. The molecule has 0 radical (unpaired) electrons. The van der Waals surface area contributed by atoms with Crippen LogP contribution in [0.25, 0.3) is 0 Å². The van der Waals surface area contributed by atoms with Crippen LogP contribution in [0.4, 0.5) is 24.9 Å². The van der Waals surface area contributed by atoms with Crippen molar-refractivity contribution in [2.24, 2.45) is 0 Å². The van der Waals surface area contributed by atoms with E-state index in [4.69, 9.17) is 0 Å². The van der Waals surface area contributed by atoms with Crippen molar-refractivity contribution in [3.63, 3.8) is 0 Å². The van der Waals surface area contributed by atoms with Gasteiger partial charge in [0.05, 0.1) is 5.56 Å². The quantitative estimate of drug-likeness (QED) is 0.735. The normalized spacial score (nSPS) is 17.6. The Hall–Kier alpha value is -2.84. The van der Waals surface area contributed by atoms with Gasteiger partial charge in [-0.2, -0.15) is 4.98 Å². The number of aromatic nitrogens is 2. The summed E-state index contributed by atoms with van der Waals surface area (Å²) in [5.41, 5.74) is -0.452. The van der Waals surface area contributed by atoms with Crippen molar-refractivity contribution in [1.82, 2.24) is 14.9 Å². The van der Waals surface area contributed by atoms with Crippen LogP contribution in [0.5, 0.6) is 0 Å². The van der Waals surface area contributed by atoms with E-state index >= 15 is 0 Å². The van der Waals surface area contributed by atoms with Gasteiger partial charge in [-0.3, -0.25) is 4.79 Å². The molecular formula is C20H22F3N5O. The zero-order valence-corrected chi connectivity index (χ0v) is 16.0. The summed E-state index contributed by atoms with van der Waals surface area (Å²) in [5.74, 6) is -3.52. The molecule has 2 saturated heterocycles. The van der Waals surface area contributed by atoms with Gasteiger partial charge in [-0.1, -0.05) is 0 Å². The average molecular weight is 405 g/mol. The smallest absolute Gasteiger partial charge is 0.257 e. The highest BCUT2D eigenvalue weighted by Gasteiger charge is 2.27. The fraction of sp³-hybridized carbons (Fsp3) is 0.450. The van der Waals surface area contributed by atoms with Crippen LogP contribution in [0, 0.1) is 17.5 Å². The largest absolute Gasteiger partial charge is 0.353 e. The molecule has 4 rings (SSSR count). The fourth-order valence-corrected chi connectivity index (χ4v) is 3.76. The van der Waals surface area contributed by atoms with Gasteiger partial charge < -0.3 is 14.7 Å². The van der Waals surface area contributed by atoms with Crippen LogP contribution in [0.2, 0.25) is 0 Å². The summed E-state index contributed by atoms with van der Waals surface area (Å²) in [7, 11) is 0. The van der Waals surface area contributed by atoms with E-state index in [9.17, 15) is 18.0 Å². The third kappa shape index (κ3) is 3.99. The number of piperidine rings is 1. The molecule has 6 nitrogen and oxygen atoms in total. The predicted molar refractivity (Wildman–Crippen MR) is 103 cm³/mol. The molecule has 1 aromatic carbocycles. The lowest BCUT2D eigenvalue weighted by atomic mass is 10.1. The number of benzene rings is 1. The van der Waals surface area contributed by atoms with Crippen molar-refractivity contribution in [2.75, 3.05) is 49.1 Å². The maximum absolute atomic E-state index is 13.9. The van der Waals surface area contributed by atoms with E-state index in [0.29, 0.717) is 32.1 Å². The molecular weight excluding hydrogens is 383 g/mol. The molecule has 2 aromatic rings. The van der Waals surface area contributed by atoms with E-state index < -0.39 is 28.9 Å². The molecule has 0 spiro atoms. The topological polar surface area (TPSA) is 52.6 Å². The average Bonchev–Trinajstić information content (AvgIpc) is 2.78. The Morgan fingerprint density at radius 3 is 2.28 bits per heavy atom. The van der Waals surface area contributed by atoms with Crippen molar-refractivity contribution in [1.29, 1.82) is 0 Å². The first-order valence-electron chi connectivity index (χ1n) is 9.80. The summed E-state index contributed by atoms with van der Waals surface area (Å²) in [6.07, 6.45) is 5.23. The molecule has 0 bridgehead atoms. The second-order valence-electron chi connectivity index (χ2n) is 7.26. The van der Waals surface area contributed by atoms with Crippen molar-refractivity contribution in [3.05, 3.63) is 47.4 Å². The van der Waals surface area contributed by atoms with Crippen LogP contribution in [0.3, 0.4) is 0 Å². The number of rotatable bonds is 3. The summed E-state index contributed by atoms with van der Waals surface area (Å²) >= 11 is 0. The molecule has 154 valence electrons. The zero-order chi connectivity index (χ0) is 20.4. The highest BCUT2D eigenvalue weighted by Crippen LogP contribution is 2.21. The van der Waals surface area contributed by atoms with Gasteiger partial charge in [0, 0.05) is 45.5 Å². The number of carbonyl (C=O) groups is 1. The second-order valence-corrected chi connectivity index (χ2v) is 7.26. The molecule has 3 heterocycles. The number of hydrogen-bond acceptors (Lipinski definition) is 5. The lowest BCUT2D eigenvalue weighted by molar-refractivity contribution is 0.0740. The van der Waals surface area contributed by atoms with E-state index in [1.54, 1.807) is 6.20 Å². The van der Waals surface area contributed by atoms with Gasteiger partial charge in [0.1, 0.15) is 5.82 Å². The number of carbonyl (C=O) groups excluding carboxylic acids is 1. The number of nitrogens with zero attached hydrogens (tertiary/aromatic N) is 5. The van der Waals surface area contributed by atoms with E-state index in [1.165, 1.54) is 11.3 Å². The van der Waals surface area contributed by atoms with Crippen LogP contribution in [0.15, 0.2) is 24.4 Å². The summed E-state index contributed by atoms with van der Waals surface area (Å²) in [4.78, 5) is 27.2. The molecule has 2 aliphatic heterocycles. The van der Waals surface area contributed by atoms with E-state index in [2.05, 4.69) is 14.9 Å². The first kappa shape index (κ1) is 19.5. The Morgan fingerprint density at radius 2 is 1.55 bits per heavy atom. The van der Waals surface area contributed by atoms with Crippen LogP contribution >= 0.6 is 0 Å². The Balaban J connectivity index is 1.42. The van der Waals surface area contributed by atoms with E-state index in [1.807, 2.05) is 11.0 Å². The van der Waals surface area contributed by atoms with Crippen LogP contribution in [-0.2, 0) is 0 Å². The summed E-state index contributed by atoms with van der Waals surface area (Å²) in [5, 5.41) is 0. The Labute approximate surface area is 167 Å². The summed E-state index contributed by atoms with van der Waals surface area (Å²) in [6.45, 7) is 3.58. The van der Waals surface area contributed by atoms with Crippen molar-refractivity contribution >= 4 is 17.7 Å². The van der Waals surface area contributed by atoms with Gasteiger partial charge in [0.15, 0.2) is 17.5 Å². The minimum Gasteiger partial charge on any atom is -0.353 e. The number of anilines is 2. The predicted octanol–water partition coefficient (Wildman–Crippen LogP) is 2.85. The summed E-state index contributed by atoms with van der Waals surface area (Å²) in [6, 6.07) is 3.59. The molecule has 1 amide bonds. The Bertz CT molecular complexity index is 896. The number of halogens is 3. The maximum Gasteiger partial charge on any atom is 0.257 e. The third-order valence-corrected chi connectivity index (χ3v) is 5.42.